The van der Waals surface area contributed by atoms with Crippen LogP contribution in [0.3, 0.4) is 0 Å². The summed E-state index contributed by atoms with van der Waals surface area (Å²) in [7, 11) is 1.86. The number of carbonyl (C=O) groups excluding carboxylic acids is 1. The Hall–Kier alpha value is -2.50. The van der Waals surface area contributed by atoms with E-state index >= 15 is 0 Å². The standard InChI is InChI=1S/C20H29N5O/c1-3-21-20(23-17-9-10-19(26)24(2)15-17)22-14-16-7-6-8-18(13-16)25-11-4-5-12-25/h4-8,13,17H,3,9-12,14-15H2,1-2H3,(H2,21,22,23). The van der Waals surface area contributed by atoms with Gasteiger partial charge in [-0.25, -0.2) is 4.99 Å². The first-order chi connectivity index (χ1) is 12.7. The summed E-state index contributed by atoms with van der Waals surface area (Å²) in [6.07, 6.45) is 5.85. The van der Waals surface area contributed by atoms with E-state index in [1.165, 1.54) is 11.3 Å². The summed E-state index contributed by atoms with van der Waals surface area (Å²) in [5, 5.41) is 6.78. The van der Waals surface area contributed by atoms with Crippen molar-refractivity contribution in [2.45, 2.75) is 32.4 Å². The third kappa shape index (κ3) is 4.77. The van der Waals surface area contributed by atoms with Gasteiger partial charge in [0.1, 0.15) is 0 Å². The number of hydrogen-bond acceptors (Lipinski definition) is 3. The lowest BCUT2D eigenvalue weighted by atomic mass is 10.1. The highest BCUT2D eigenvalue weighted by Crippen LogP contribution is 2.19. The summed E-state index contributed by atoms with van der Waals surface area (Å²) in [5.41, 5.74) is 2.44. The minimum atomic E-state index is 0.221. The lowest BCUT2D eigenvalue weighted by Crippen LogP contribution is -2.51. The number of hydrogen-bond donors (Lipinski definition) is 2. The molecular formula is C20H29N5O. The largest absolute Gasteiger partial charge is 0.364 e. The Kier molecular flexibility index (Phi) is 6.15. The molecular weight excluding hydrogens is 326 g/mol. The maximum Gasteiger partial charge on any atom is 0.222 e. The number of piperidine rings is 1. The number of carbonyl (C=O) groups is 1. The van der Waals surface area contributed by atoms with Crippen LogP contribution in [0.4, 0.5) is 5.69 Å². The maximum absolute atomic E-state index is 11.6. The highest BCUT2D eigenvalue weighted by atomic mass is 16.2. The van der Waals surface area contributed by atoms with Crippen LogP contribution in [0.5, 0.6) is 0 Å². The summed E-state index contributed by atoms with van der Waals surface area (Å²) >= 11 is 0. The number of nitrogens with zero attached hydrogens (tertiary/aromatic N) is 3. The molecule has 1 unspecified atom stereocenters. The number of nitrogens with one attached hydrogen (secondary N) is 2. The number of likely N-dealkylation sites (N-methyl/N-ethyl adjacent to an activating group) is 1. The molecule has 6 nitrogen and oxygen atoms in total. The summed E-state index contributed by atoms with van der Waals surface area (Å²) in [4.78, 5) is 20.5. The number of anilines is 1. The van der Waals surface area contributed by atoms with Crippen molar-refractivity contribution in [1.29, 1.82) is 0 Å². The molecule has 6 heteroatoms. The second kappa shape index (κ2) is 8.74. The van der Waals surface area contributed by atoms with Crippen LogP contribution in [0.15, 0.2) is 41.4 Å². The monoisotopic (exact) mass is 355 g/mol. The Morgan fingerprint density at radius 3 is 2.85 bits per heavy atom. The molecule has 0 saturated carbocycles. The molecule has 2 heterocycles. The first-order valence-electron chi connectivity index (χ1n) is 9.43. The second-order valence-electron chi connectivity index (χ2n) is 6.90. The fourth-order valence-corrected chi connectivity index (χ4v) is 3.35. The number of likely N-dealkylation sites (tertiary alicyclic amines) is 1. The van der Waals surface area contributed by atoms with Gasteiger partial charge in [-0.05, 0) is 31.0 Å². The van der Waals surface area contributed by atoms with Crippen LogP contribution in [-0.4, -0.2) is 56.0 Å². The predicted molar refractivity (Wildman–Crippen MR) is 106 cm³/mol. The van der Waals surface area contributed by atoms with Crippen LogP contribution in [0.25, 0.3) is 0 Å². The first-order valence-corrected chi connectivity index (χ1v) is 9.43. The molecule has 140 valence electrons. The van der Waals surface area contributed by atoms with Gasteiger partial charge in [0, 0.05) is 51.4 Å². The lowest BCUT2D eigenvalue weighted by Gasteiger charge is -2.31. The van der Waals surface area contributed by atoms with Gasteiger partial charge in [0.2, 0.25) is 5.91 Å². The van der Waals surface area contributed by atoms with Gasteiger partial charge in [0.05, 0.1) is 6.54 Å². The maximum atomic E-state index is 11.6. The molecule has 1 saturated heterocycles. The van der Waals surface area contributed by atoms with Crippen LogP contribution in [0.1, 0.15) is 25.3 Å². The number of rotatable bonds is 5. The molecule has 1 aromatic rings. The quantitative estimate of drug-likeness (QED) is 0.480. The van der Waals surface area contributed by atoms with Crippen LogP contribution in [0.2, 0.25) is 0 Å². The first kappa shape index (κ1) is 18.3. The number of guanidine groups is 1. The topological polar surface area (TPSA) is 60.0 Å². The van der Waals surface area contributed by atoms with Crippen molar-refractivity contribution in [2.75, 3.05) is 38.1 Å². The minimum Gasteiger partial charge on any atom is -0.364 e. The normalized spacial score (nSPS) is 20.6. The van der Waals surface area contributed by atoms with Crippen LogP contribution >= 0.6 is 0 Å². The van der Waals surface area contributed by atoms with E-state index < -0.39 is 0 Å². The Morgan fingerprint density at radius 2 is 2.12 bits per heavy atom. The fourth-order valence-electron chi connectivity index (χ4n) is 3.35. The molecule has 0 spiro atoms. The zero-order valence-corrected chi connectivity index (χ0v) is 15.7. The van der Waals surface area contributed by atoms with Crippen LogP contribution in [0, 0.1) is 0 Å². The lowest BCUT2D eigenvalue weighted by molar-refractivity contribution is -0.132. The van der Waals surface area contributed by atoms with Gasteiger partial charge < -0.3 is 20.4 Å². The molecule has 0 aliphatic carbocycles. The van der Waals surface area contributed by atoms with Crippen molar-refractivity contribution in [3.63, 3.8) is 0 Å². The van der Waals surface area contributed by atoms with Crippen molar-refractivity contribution in [2.24, 2.45) is 4.99 Å². The zero-order valence-electron chi connectivity index (χ0n) is 15.7. The van der Waals surface area contributed by atoms with E-state index in [2.05, 4.69) is 58.9 Å². The van der Waals surface area contributed by atoms with E-state index in [1.54, 1.807) is 4.90 Å². The molecule has 2 aliphatic rings. The Bertz CT molecular complexity index is 677. The molecule has 1 atom stereocenters. The zero-order chi connectivity index (χ0) is 18.4. The number of aliphatic imine (C=N–C) groups is 1. The molecule has 0 bridgehead atoms. The summed E-state index contributed by atoms with van der Waals surface area (Å²) < 4.78 is 0. The van der Waals surface area contributed by atoms with E-state index in [9.17, 15) is 4.79 Å². The van der Waals surface area contributed by atoms with Gasteiger partial charge in [-0.3, -0.25) is 4.79 Å². The SMILES string of the molecule is CCNC(=NCc1cccc(N2CC=CC2)c1)NC1CCC(=O)N(C)C1. The van der Waals surface area contributed by atoms with Gasteiger partial charge in [0.25, 0.3) is 0 Å². The third-order valence-electron chi connectivity index (χ3n) is 4.83. The summed E-state index contributed by atoms with van der Waals surface area (Å²) in [5.74, 6) is 1.03. The van der Waals surface area contributed by atoms with Crippen molar-refractivity contribution in [3.8, 4) is 0 Å². The van der Waals surface area contributed by atoms with Gasteiger partial charge in [0.15, 0.2) is 5.96 Å². The Morgan fingerprint density at radius 1 is 1.31 bits per heavy atom. The van der Waals surface area contributed by atoms with Crippen LogP contribution < -0.4 is 15.5 Å². The van der Waals surface area contributed by atoms with Crippen molar-refractivity contribution in [3.05, 3.63) is 42.0 Å². The van der Waals surface area contributed by atoms with E-state index in [-0.39, 0.29) is 11.9 Å². The molecule has 1 aromatic carbocycles. The molecule has 1 amide bonds. The van der Waals surface area contributed by atoms with Crippen molar-refractivity contribution in [1.82, 2.24) is 15.5 Å². The number of benzene rings is 1. The Labute approximate surface area is 156 Å². The van der Waals surface area contributed by atoms with Gasteiger partial charge in [-0.2, -0.15) is 0 Å². The molecule has 2 N–H and O–H groups in total. The molecule has 0 radical (unpaired) electrons. The third-order valence-corrected chi connectivity index (χ3v) is 4.83. The average Bonchev–Trinajstić information content (AvgIpc) is 3.18. The molecule has 2 aliphatic heterocycles. The van der Waals surface area contributed by atoms with E-state index in [0.29, 0.717) is 13.0 Å². The molecule has 3 rings (SSSR count). The highest BCUT2D eigenvalue weighted by molar-refractivity contribution is 5.81. The van der Waals surface area contributed by atoms with Crippen molar-refractivity contribution >= 4 is 17.6 Å². The number of amides is 1. The van der Waals surface area contributed by atoms with E-state index in [1.807, 2.05) is 7.05 Å². The fraction of sp³-hybridized carbons (Fsp3) is 0.500. The predicted octanol–water partition coefficient (Wildman–Crippen LogP) is 1.74. The molecule has 0 aromatic heterocycles. The van der Waals surface area contributed by atoms with Gasteiger partial charge in [-0.1, -0.05) is 24.3 Å². The smallest absolute Gasteiger partial charge is 0.222 e. The molecule has 26 heavy (non-hydrogen) atoms. The molecule has 1 fully saturated rings. The average molecular weight is 355 g/mol. The van der Waals surface area contributed by atoms with Crippen molar-refractivity contribution < 1.29 is 4.79 Å². The summed E-state index contributed by atoms with van der Waals surface area (Å²) in [6.45, 7) is 6.18. The Balaban J connectivity index is 1.62. The van der Waals surface area contributed by atoms with Crippen LogP contribution in [-0.2, 0) is 11.3 Å². The second-order valence-corrected chi connectivity index (χ2v) is 6.90. The van der Waals surface area contributed by atoms with Gasteiger partial charge in [-0.15, -0.1) is 0 Å². The van der Waals surface area contributed by atoms with E-state index in [0.717, 1.165) is 38.6 Å². The van der Waals surface area contributed by atoms with E-state index in [4.69, 9.17) is 4.99 Å². The summed E-state index contributed by atoms with van der Waals surface area (Å²) in [6, 6.07) is 8.83. The highest BCUT2D eigenvalue weighted by Gasteiger charge is 2.23. The van der Waals surface area contributed by atoms with Gasteiger partial charge >= 0.3 is 0 Å². The minimum absolute atomic E-state index is 0.221.